The number of carbonyl (C=O) groups excluding carboxylic acids is 1. The highest BCUT2D eigenvalue weighted by molar-refractivity contribution is 5.98. The molecule has 0 radical (unpaired) electrons. The smallest absolute Gasteiger partial charge is 0.265 e. The van der Waals surface area contributed by atoms with Crippen LogP contribution >= 0.6 is 0 Å². The number of anilines is 1. The van der Waals surface area contributed by atoms with Gasteiger partial charge in [0.05, 0.1) is 12.8 Å². The van der Waals surface area contributed by atoms with Crippen LogP contribution in [0, 0.1) is 6.92 Å². The molecule has 1 fully saturated rings. The van der Waals surface area contributed by atoms with E-state index in [4.69, 9.17) is 15.3 Å². The summed E-state index contributed by atoms with van der Waals surface area (Å²) in [5.74, 6) is 0.518. The number of benzene rings is 2. The Balaban J connectivity index is 1.59. The summed E-state index contributed by atoms with van der Waals surface area (Å²) >= 11 is 0. The molecule has 7 heteroatoms. The number of nitrogens with two attached hydrogens (primary N) is 1. The molecule has 3 N–H and O–H groups in total. The average molecular weight is 411 g/mol. The first-order valence-electron chi connectivity index (χ1n) is 10.3. The van der Waals surface area contributed by atoms with Gasteiger partial charge < -0.3 is 20.6 Å². The number of carbonyl (C=O) groups is 1. The number of hydrogen-bond donors (Lipinski definition) is 2. The number of piperidine rings is 1. The van der Waals surface area contributed by atoms with Crippen molar-refractivity contribution >= 4 is 17.4 Å². The molecule has 3 rings (SSSR count). The first-order valence-corrected chi connectivity index (χ1v) is 10.3. The fourth-order valence-corrected chi connectivity index (χ4v) is 3.58. The summed E-state index contributed by atoms with van der Waals surface area (Å²) in [7, 11) is 1.56. The second-order valence-electron chi connectivity index (χ2n) is 7.50. The van der Waals surface area contributed by atoms with Crippen LogP contribution in [-0.4, -0.2) is 43.4 Å². The second-order valence-corrected chi connectivity index (χ2v) is 7.50. The maximum absolute atomic E-state index is 12.2. The molecule has 0 spiro atoms. The third-order valence-corrected chi connectivity index (χ3v) is 5.12. The van der Waals surface area contributed by atoms with E-state index in [0.717, 1.165) is 36.3 Å². The Bertz CT molecular complexity index is 892. The number of amides is 1. The number of nitrogens with zero attached hydrogens (tertiary/aromatic N) is 2. The van der Waals surface area contributed by atoms with E-state index < -0.39 is 0 Å². The standard InChI is InChI=1S/C23H30N4O3/c1-17-10-11-21(29-2)20(14-17)25-22(28)16-30-26-23(24)19-9-5-4-8-18(19)15-27-12-6-3-7-13-27/h4-5,8-11,14H,3,6-7,12-13,15-16H2,1-2H3,(H2,24,26)(H,25,28). The van der Waals surface area contributed by atoms with Gasteiger partial charge in [-0.3, -0.25) is 9.69 Å². The van der Waals surface area contributed by atoms with Crippen molar-refractivity contribution in [2.24, 2.45) is 10.9 Å². The molecule has 7 nitrogen and oxygen atoms in total. The molecule has 0 unspecified atom stereocenters. The monoisotopic (exact) mass is 410 g/mol. The van der Waals surface area contributed by atoms with Gasteiger partial charge in [-0.1, -0.05) is 41.9 Å². The highest BCUT2D eigenvalue weighted by atomic mass is 16.6. The largest absolute Gasteiger partial charge is 0.495 e. The second kappa shape index (κ2) is 10.6. The Hall–Kier alpha value is -3.06. The molecular weight excluding hydrogens is 380 g/mol. The molecule has 1 amide bonds. The van der Waals surface area contributed by atoms with Crippen molar-refractivity contribution in [1.82, 2.24) is 4.90 Å². The van der Waals surface area contributed by atoms with Crippen molar-refractivity contribution in [2.45, 2.75) is 32.7 Å². The van der Waals surface area contributed by atoms with E-state index in [1.54, 1.807) is 13.2 Å². The number of rotatable bonds is 8. The maximum Gasteiger partial charge on any atom is 0.265 e. The van der Waals surface area contributed by atoms with Crippen molar-refractivity contribution in [1.29, 1.82) is 0 Å². The van der Waals surface area contributed by atoms with Crippen LogP contribution in [0.1, 0.15) is 36.0 Å². The van der Waals surface area contributed by atoms with Gasteiger partial charge in [-0.25, -0.2) is 0 Å². The summed E-state index contributed by atoms with van der Waals surface area (Å²) in [6, 6.07) is 13.5. The number of oxime groups is 1. The number of methoxy groups -OCH3 is 1. The third kappa shape index (κ3) is 5.97. The summed E-state index contributed by atoms with van der Waals surface area (Å²) in [5, 5.41) is 6.75. The van der Waals surface area contributed by atoms with Gasteiger partial charge in [-0.15, -0.1) is 0 Å². The summed E-state index contributed by atoms with van der Waals surface area (Å²) in [6.45, 7) is 4.74. The predicted octanol–water partition coefficient (Wildman–Crippen LogP) is 3.27. The van der Waals surface area contributed by atoms with Crippen molar-refractivity contribution in [3.63, 3.8) is 0 Å². The molecule has 1 aliphatic heterocycles. The Labute approximate surface area is 177 Å². The van der Waals surface area contributed by atoms with Crippen LogP contribution in [0.25, 0.3) is 0 Å². The summed E-state index contributed by atoms with van der Waals surface area (Å²) < 4.78 is 5.27. The number of amidine groups is 1. The van der Waals surface area contributed by atoms with Crippen molar-refractivity contribution in [3.8, 4) is 5.75 Å². The van der Waals surface area contributed by atoms with E-state index in [0.29, 0.717) is 11.4 Å². The van der Waals surface area contributed by atoms with E-state index in [1.165, 1.54) is 19.3 Å². The van der Waals surface area contributed by atoms with Gasteiger partial charge in [0, 0.05) is 12.1 Å². The zero-order valence-electron chi connectivity index (χ0n) is 17.7. The van der Waals surface area contributed by atoms with Gasteiger partial charge in [-0.2, -0.15) is 0 Å². The topological polar surface area (TPSA) is 89.2 Å². The molecule has 2 aromatic rings. The van der Waals surface area contributed by atoms with E-state index in [9.17, 15) is 4.79 Å². The number of likely N-dealkylation sites (tertiary alicyclic amines) is 1. The molecule has 0 aliphatic carbocycles. The van der Waals surface area contributed by atoms with E-state index in [1.807, 2.05) is 37.3 Å². The van der Waals surface area contributed by atoms with Crippen LogP contribution < -0.4 is 15.8 Å². The Morgan fingerprint density at radius 2 is 1.93 bits per heavy atom. The van der Waals surface area contributed by atoms with Gasteiger partial charge >= 0.3 is 0 Å². The lowest BCUT2D eigenvalue weighted by Crippen LogP contribution is -2.30. The average Bonchev–Trinajstić information content (AvgIpc) is 2.75. The normalized spacial score (nSPS) is 14.9. The van der Waals surface area contributed by atoms with Gasteiger partial charge in [0.25, 0.3) is 5.91 Å². The summed E-state index contributed by atoms with van der Waals surface area (Å²) in [6.07, 6.45) is 3.76. The SMILES string of the molecule is COc1ccc(C)cc1NC(=O)CO/N=C(\N)c1ccccc1CN1CCCCC1. The first-order chi connectivity index (χ1) is 14.6. The summed E-state index contributed by atoms with van der Waals surface area (Å²) in [5.41, 5.74) is 9.71. The molecule has 1 aliphatic rings. The quantitative estimate of drug-likeness (QED) is 0.396. The molecule has 0 atom stereocenters. The minimum atomic E-state index is -0.336. The first kappa shape index (κ1) is 21.6. The highest BCUT2D eigenvalue weighted by Crippen LogP contribution is 2.25. The van der Waals surface area contributed by atoms with E-state index >= 15 is 0 Å². The molecule has 160 valence electrons. The molecule has 0 bridgehead atoms. The molecular formula is C23H30N4O3. The molecule has 0 saturated carbocycles. The van der Waals surface area contributed by atoms with E-state index in [2.05, 4.69) is 21.4 Å². The lowest BCUT2D eigenvalue weighted by molar-refractivity contribution is -0.120. The number of hydrogen-bond acceptors (Lipinski definition) is 5. The van der Waals surface area contributed by atoms with Crippen LogP contribution in [0.3, 0.4) is 0 Å². The Morgan fingerprint density at radius 3 is 2.70 bits per heavy atom. The van der Waals surface area contributed by atoms with Crippen LogP contribution in [0.2, 0.25) is 0 Å². The highest BCUT2D eigenvalue weighted by Gasteiger charge is 2.14. The van der Waals surface area contributed by atoms with Crippen LogP contribution in [0.4, 0.5) is 5.69 Å². The number of nitrogens with one attached hydrogen (secondary N) is 1. The third-order valence-electron chi connectivity index (χ3n) is 5.12. The van der Waals surface area contributed by atoms with Crippen molar-refractivity contribution < 1.29 is 14.4 Å². The van der Waals surface area contributed by atoms with Crippen LogP contribution in [0.5, 0.6) is 5.75 Å². The predicted molar refractivity (Wildman–Crippen MR) is 119 cm³/mol. The molecule has 0 aromatic heterocycles. The van der Waals surface area contributed by atoms with Crippen LogP contribution in [0.15, 0.2) is 47.6 Å². The number of ether oxygens (including phenoxy) is 1. The lowest BCUT2D eigenvalue weighted by Gasteiger charge is -2.27. The zero-order valence-corrected chi connectivity index (χ0v) is 17.7. The van der Waals surface area contributed by atoms with Crippen molar-refractivity contribution in [3.05, 3.63) is 59.2 Å². The molecule has 1 saturated heterocycles. The number of aryl methyl sites for hydroxylation is 1. The van der Waals surface area contributed by atoms with Gasteiger partial charge in [0.2, 0.25) is 0 Å². The molecule has 2 aromatic carbocycles. The molecule has 1 heterocycles. The van der Waals surface area contributed by atoms with Gasteiger partial charge in [-0.05, 0) is 56.1 Å². The van der Waals surface area contributed by atoms with Crippen molar-refractivity contribution in [2.75, 3.05) is 32.1 Å². The molecule has 30 heavy (non-hydrogen) atoms. The Kier molecular flexibility index (Phi) is 7.68. The maximum atomic E-state index is 12.2. The summed E-state index contributed by atoms with van der Waals surface area (Å²) in [4.78, 5) is 19.9. The minimum Gasteiger partial charge on any atom is -0.495 e. The fourth-order valence-electron chi connectivity index (χ4n) is 3.58. The fraction of sp³-hybridized carbons (Fsp3) is 0.391. The van der Waals surface area contributed by atoms with Crippen LogP contribution in [-0.2, 0) is 16.2 Å². The minimum absolute atomic E-state index is 0.244. The van der Waals surface area contributed by atoms with E-state index in [-0.39, 0.29) is 18.3 Å². The zero-order chi connectivity index (χ0) is 21.3. The van der Waals surface area contributed by atoms with Gasteiger partial charge in [0.1, 0.15) is 5.75 Å². The Morgan fingerprint density at radius 1 is 1.17 bits per heavy atom. The lowest BCUT2D eigenvalue weighted by atomic mass is 10.0. The van der Waals surface area contributed by atoms with Gasteiger partial charge in [0.15, 0.2) is 12.4 Å².